The fraction of sp³-hybridized carbons (Fsp3) is 0.409. The average Bonchev–Trinajstić information content (AvgIpc) is 2.70. The van der Waals surface area contributed by atoms with Crippen LogP contribution in [0.1, 0.15) is 23.1 Å². The first-order valence-electron chi connectivity index (χ1n) is 9.53. The number of aryl methyl sites for hydroxylation is 1. The second kappa shape index (κ2) is 12.0. The summed E-state index contributed by atoms with van der Waals surface area (Å²) >= 11 is 0. The molecule has 0 atom stereocenters. The summed E-state index contributed by atoms with van der Waals surface area (Å²) < 4.78 is 24.7. The van der Waals surface area contributed by atoms with E-state index in [1.807, 2.05) is 19.1 Å². The molecule has 2 aromatic rings. The number of rotatable bonds is 10. The highest BCUT2D eigenvalue weighted by molar-refractivity contribution is 5.79. The Hall–Kier alpha value is -2.60. The summed E-state index contributed by atoms with van der Waals surface area (Å²) in [6, 6.07) is 13.0. The van der Waals surface area contributed by atoms with Crippen LogP contribution in [0.4, 0.5) is 4.39 Å². The maximum atomic E-state index is 13.7. The van der Waals surface area contributed by atoms with Crippen LogP contribution in [0.2, 0.25) is 0 Å². The first-order chi connectivity index (χ1) is 13.6. The number of hydrogen-bond acceptors (Lipinski definition) is 3. The molecule has 2 N–H and O–H groups in total. The molecule has 6 heteroatoms. The lowest BCUT2D eigenvalue weighted by atomic mass is 10.1. The van der Waals surface area contributed by atoms with E-state index in [0.29, 0.717) is 44.2 Å². The van der Waals surface area contributed by atoms with E-state index in [4.69, 9.17) is 9.47 Å². The minimum atomic E-state index is -0.179. The lowest BCUT2D eigenvalue weighted by Crippen LogP contribution is -2.38. The minimum absolute atomic E-state index is 0.179. The van der Waals surface area contributed by atoms with E-state index in [1.54, 1.807) is 26.3 Å². The van der Waals surface area contributed by atoms with Gasteiger partial charge in [0, 0.05) is 45.8 Å². The van der Waals surface area contributed by atoms with E-state index < -0.39 is 0 Å². The second-order valence-electron chi connectivity index (χ2n) is 6.50. The quantitative estimate of drug-likeness (QED) is 0.372. The number of guanidine groups is 1. The molecule has 5 nitrogen and oxygen atoms in total. The van der Waals surface area contributed by atoms with Crippen LogP contribution in [0.15, 0.2) is 47.5 Å². The molecule has 152 valence electrons. The molecule has 0 saturated carbocycles. The molecule has 28 heavy (non-hydrogen) atoms. The minimum Gasteiger partial charge on any atom is -0.493 e. The summed E-state index contributed by atoms with van der Waals surface area (Å²) in [5, 5.41) is 6.51. The van der Waals surface area contributed by atoms with Crippen molar-refractivity contribution in [3.63, 3.8) is 0 Å². The van der Waals surface area contributed by atoms with Crippen LogP contribution < -0.4 is 15.4 Å². The van der Waals surface area contributed by atoms with Crippen molar-refractivity contribution >= 4 is 5.96 Å². The second-order valence-corrected chi connectivity index (χ2v) is 6.50. The van der Waals surface area contributed by atoms with Gasteiger partial charge in [-0.3, -0.25) is 4.99 Å². The Morgan fingerprint density at radius 2 is 1.89 bits per heavy atom. The van der Waals surface area contributed by atoms with Crippen molar-refractivity contribution in [2.45, 2.75) is 26.3 Å². The molecule has 2 rings (SSSR count). The van der Waals surface area contributed by atoms with Crippen molar-refractivity contribution in [3.05, 3.63) is 65.0 Å². The maximum Gasteiger partial charge on any atom is 0.191 e. The van der Waals surface area contributed by atoms with E-state index in [9.17, 15) is 4.39 Å². The van der Waals surface area contributed by atoms with Gasteiger partial charge in [0.2, 0.25) is 0 Å². The largest absolute Gasteiger partial charge is 0.493 e. The molecule has 0 aromatic heterocycles. The molecule has 0 aliphatic rings. The summed E-state index contributed by atoms with van der Waals surface area (Å²) in [7, 11) is 3.41. The zero-order chi connectivity index (χ0) is 20.2. The highest BCUT2D eigenvalue weighted by Gasteiger charge is 2.07. The zero-order valence-electron chi connectivity index (χ0n) is 16.9. The summed E-state index contributed by atoms with van der Waals surface area (Å²) in [4.78, 5) is 4.23. The van der Waals surface area contributed by atoms with Crippen LogP contribution in [0.25, 0.3) is 0 Å². The Morgan fingerprint density at radius 3 is 2.64 bits per heavy atom. The zero-order valence-corrected chi connectivity index (χ0v) is 16.9. The Balaban J connectivity index is 1.86. The van der Waals surface area contributed by atoms with E-state index >= 15 is 0 Å². The van der Waals surface area contributed by atoms with Gasteiger partial charge in [0.15, 0.2) is 5.96 Å². The number of nitrogens with one attached hydrogen (secondary N) is 2. The number of ether oxygens (including phenoxy) is 2. The molecule has 0 aliphatic carbocycles. The molecule has 0 fully saturated rings. The van der Waals surface area contributed by atoms with Gasteiger partial charge in [0.05, 0.1) is 6.61 Å². The van der Waals surface area contributed by atoms with Gasteiger partial charge >= 0.3 is 0 Å². The van der Waals surface area contributed by atoms with Gasteiger partial charge < -0.3 is 20.1 Å². The number of nitrogens with zero attached hydrogens (tertiary/aromatic N) is 1. The van der Waals surface area contributed by atoms with Gasteiger partial charge in [-0.05, 0) is 36.6 Å². The lowest BCUT2D eigenvalue weighted by Gasteiger charge is -2.15. The Kier molecular flexibility index (Phi) is 9.28. The van der Waals surface area contributed by atoms with Crippen LogP contribution >= 0.6 is 0 Å². The predicted molar refractivity (Wildman–Crippen MR) is 111 cm³/mol. The van der Waals surface area contributed by atoms with Gasteiger partial charge in [0.1, 0.15) is 11.6 Å². The third-order valence-corrected chi connectivity index (χ3v) is 4.29. The first kappa shape index (κ1) is 21.7. The monoisotopic (exact) mass is 387 g/mol. The number of aliphatic imine (C=N–C) groups is 1. The number of halogens is 1. The van der Waals surface area contributed by atoms with Crippen molar-refractivity contribution in [1.29, 1.82) is 0 Å². The van der Waals surface area contributed by atoms with Gasteiger partial charge in [-0.2, -0.15) is 0 Å². The highest BCUT2D eigenvalue weighted by atomic mass is 19.1. The van der Waals surface area contributed by atoms with Crippen molar-refractivity contribution in [2.24, 2.45) is 4.99 Å². The molecule has 2 aromatic carbocycles. The smallest absolute Gasteiger partial charge is 0.191 e. The fourth-order valence-corrected chi connectivity index (χ4v) is 2.74. The Bertz CT molecular complexity index is 765. The molecular formula is C22H30FN3O2. The first-order valence-corrected chi connectivity index (χ1v) is 9.53. The van der Waals surface area contributed by atoms with Crippen molar-refractivity contribution in [2.75, 3.05) is 33.9 Å². The number of methoxy groups -OCH3 is 1. The molecule has 0 spiro atoms. The lowest BCUT2D eigenvalue weighted by molar-refractivity contribution is 0.171. The maximum absolute atomic E-state index is 13.7. The third-order valence-electron chi connectivity index (χ3n) is 4.29. The molecular weight excluding hydrogens is 357 g/mol. The molecule has 0 bridgehead atoms. The summed E-state index contributed by atoms with van der Waals surface area (Å²) in [5.41, 5.74) is 2.90. The van der Waals surface area contributed by atoms with Gasteiger partial charge in [-0.25, -0.2) is 4.39 Å². The van der Waals surface area contributed by atoms with Gasteiger partial charge in [0.25, 0.3) is 0 Å². The van der Waals surface area contributed by atoms with E-state index in [-0.39, 0.29) is 5.82 Å². The van der Waals surface area contributed by atoms with Crippen molar-refractivity contribution in [3.8, 4) is 5.75 Å². The topological polar surface area (TPSA) is 54.9 Å². The average molecular weight is 387 g/mol. The standard InChI is InChI=1S/C22H30FN3O2/c1-17-9-10-19(21(15-17)28-14-6-13-27-3)16-26-22(24-2)25-12-11-18-7-4-5-8-20(18)23/h4-5,7-10,15H,6,11-14,16H2,1-3H3,(H2,24,25,26). The van der Waals surface area contributed by atoms with E-state index in [1.165, 1.54) is 6.07 Å². The predicted octanol–water partition coefficient (Wildman–Crippen LogP) is 3.46. The fourth-order valence-electron chi connectivity index (χ4n) is 2.74. The van der Waals surface area contributed by atoms with Crippen LogP contribution in [0.5, 0.6) is 5.75 Å². The Morgan fingerprint density at radius 1 is 1.07 bits per heavy atom. The number of benzene rings is 2. The normalized spacial score (nSPS) is 11.4. The molecule has 0 unspecified atom stereocenters. The van der Waals surface area contributed by atoms with Crippen LogP contribution in [-0.4, -0.2) is 39.9 Å². The highest BCUT2D eigenvalue weighted by Crippen LogP contribution is 2.20. The Labute approximate surface area is 167 Å². The van der Waals surface area contributed by atoms with Gasteiger partial charge in [-0.15, -0.1) is 0 Å². The summed E-state index contributed by atoms with van der Waals surface area (Å²) in [6.07, 6.45) is 1.43. The SMILES string of the molecule is CN=C(NCCc1ccccc1F)NCc1ccc(C)cc1OCCCOC. The number of hydrogen-bond donors (Lipinski definition) is 2. The molecule has 0 heterocycles. The van der Waals surface area contributed by atoms with Crippen LogP contribution in [0.3, 0.4) is 0 Å². The van der Waals surface area contributed by atoms with Crippen molar-refractivity contribution in [1.82, 2.24) is 10.6 Å². The van der Waals surface area contributed by atoms with E-state index in [0.717, 1.165) is 23.3 Å². The van der Waals surface area contributed by atoms with Crippen molar-refractivity contribution < 1.29 is 13.9 Å². The molecule has 0 radical (unpaired) electrons. The summed E-state index contributed by atoms with van der Waals surface area (Å²) in [5.74, 6) is 1.36. The van der Waals surface area contributed by atoms with E-state index in [2.05, 4.69) is 27.8 Å². The molecule has 0 amide bonds. The van der Waals surface area contributed by atoms with Crippen LogP contribution in [-0.2, 0) is 17.7 Å². The summed E-state index contributed by atoms with van der Waals surface area (Å²) in [6.45, 7) is 4.51. The van der Waals surface area contributed by atoms with Crippen LogP contribution in [0, 0.1) is 12.7 Å². The van der Waals surface area contributed by atoms with Gasteiger partial charge in [-0.1, -0.05) is 30.3 Å². The third kappa shape index (κ3) is 7.19. The molecule has 0 saturated heterocycles. The molecule has 0 aliphatic heterocycles.